The van der Waals surface area contributed by atoms with Crippen LogP contribution in [0.2, 0.25) is 5.02 Å². The van der Waals surface area contributed by atoms with Crippen molar-refractivity contribution in [2.45, 2.75) is 4.90 Å². The smallest absolute Gasteiger partial charge is 0.341 e. The van der Waals surface area contributed by atoms with Crippen LogP contribution in [0.25, 0.3) is 10.8 Å². The molecule has 1 fully saturated rings. The fraction of sp³-hybridized carbons (Fsp3) is 0.217. The minimum absolute atomic E-state index is 0.109. The number of carbonyl (C=O) groups is 2. The number of hydrogen-bond acceptors (Lipinski definition) is 5. The quantitative estimate of drug-likeness (QED) is 0.512. The molecule has 3 aromatic carbocycles. The van der Waals surface area contributed by atoms with Crippen LogP contribution in [0.3, 0.4) is 0 Å². The van der Waals surface area contributed by atoms with Gasteiger partial charge in [-0.05, 0) is 41.1 Å². The third kappa shape index (κ3) is 5.00. The highest BCUT2D eigenvalue weighted by atomic mass is 35.5. The highest BCUT2D eigenvalue weighted by Gasteiger charge is 2.30. The van der Waals surface area contributed by atoms with E-state index in [4.69, 9.17) is 16.3 Å². The molecule has 0 N–H and O–H groups in total. The molecule has 0 aromatic heterocycles. The van der Waals surface area contributed by atoms with Crippen LogP contribution in [0.15, 0.2) is 65.6 Å². The maximum atomic E-state index is 13.8. The largest absolute Gasteiger partial charge is 0.452 e. The predicted molar refractivity (Wildman–Crippen MR) is 121 cm³/mol. The van der Waals surface area contributed by atoms with Gasteiger partial charge in [0, 0.05) is 31.2 Å². The van der Waals surface area contributed by atoms with Crippen molar-refractivity contribution in [1.29, 1.82) is 0 Å². The summed E-state index contributed by atoms with van der Waals surface area (Å²) >= 11 is 5.77. The van der Waals surface area contributed by atoms with Crippen LogP contribution < -0.4 is 0 Å². The molecule has 0 spiro atoms. The number of piperazine rings is 1. The fourth-order valence-corrected chi connectivity index (χ4v) is 5.24. The summed E-state index contributed by atoms with van der Waals surface area (Å²) in [6.45, 7) is -0.0683. The number of halogens is 2. The van der Waals surface area contributed by atoms with Gasteiger partial charge in [-0.15, -0.1) is 0 Å². The Labute approximate surface area is 195 Å². The van der Waals surface area contributed by atoms with Crippen LogP contribution in [0, 0.1) is 5.82 Å². The number of nitrogens with zero attached hydrogens (tertiary/aromatic N) is 2. The molecule has 0 radical (unpaired) electrons. The van der Waals surface area contributed by atoms with E-state index in [1.165, 1.54) is 15.3 Å². The first-order valence-corrected chi connectivity index (χ1v) is 12.0. The maximum Gasteiger partial charge on any atom is 0.341 e. The first-order valence-electron chi connectivity index (χ1n) is 10.1. The molecule has 1 amide bonds. The lowest BCUT2D eigenvalue weighted by Gasteiger charge is -2.33. The van der Waals surface area contributed by atoms with E-state index < -0.39 is 34.3 Å². The van der Waals surface area contributed by atoms with Crippen molar-refractivity contribution in [2.24, 2.45) is 0 Å². The number of rotatable bonds is 5. The number of benzene rings is 3. The molecule has 0 saturated carbocycles. The van der Waals surface area contributed by atoms with Crippen molar-refractivity contribution in [1.82, 2.24) is 9.21 Å². The molecule has 0 bridgehead atoms. The molecule has 0 atom stereocenters. The maximum absolute atomic E-state index is 13.8. The van der Waals surface area contributed by atoms with Crippen LogP contribution in [0.4, 0.5) is 4.39 Å². The summed E-state index contributed by atoms with van der Waals surface area (Å²) in [4.78, 5) is 26.1. The van der Waals surface area contributed by atoms with E-state index in [1.807, 2.05) is 24.3 Å². The summed E-state index contributed by atoms with van der Waals surface area (Å²) in [7, 11) is -3.72. The van der Waals surface area contributed by atoms with Crippen molar-refractivity contribution in [3.05, 3.63) is 77.1 Å². The Morgan fingerprint density at radius 1 is 0.939 bits per heavy atom. The van der Waals surface area contributed by atoms with Gasteiger partial charge < -0.3 is 9.64 Å². The van der Waals surface area contributed by atoms with E-state index in [1.54, 1.807) is 18.2 Å². The topological polar surface area (TPSA) is 84.0 Å². The second kappa shape index (κ2) is 9.46. The first kappa shape index (κ1) is 23.2. The number of carbonyl (C=O) groups excluding carboxylic acids is 2. The van der Waals surface area contributed by atoms with Crippen LogP contribution in [0.5, 0.6) is 0 Å². The Morgan fingerprint density at radius 2 is 1.64 bits per heavy atom. The number of ether oxygens (including phenoxy) is 1. The second-order valence-corrected chi connectivity index (χ2v) is 9.87. The second-order valence-electron chi connectivity index (χ2n) is 7.49. The molecule has 33 heavy (non-hydrogen) atoms. The fourth-order valence-electron chi connectivity index (χ4n) is 3.61. The van der Waals surface area contributed by atoms with E-state index in [2.05, 4.69) is 0 Å². The Hall–Kier alpha value is -3.01. The lowest BCUT2D eigenvalue weighted by Crippen LogP contribution is -2.51. The first-order chi connectivity index (χ1) is 15.8. The van der Waals surface area contributed by atoms with Crippen LogP contribution >= 0.6 is 11.6 Å². The molecule has 7 nitrogen and oxygen atoms in total. The van der Waals surface area contributed by atoms with Crippen molar-refractivity contribution in [3.63, 3.8) is 0 Å². The number of fused-ring (bicyclic) bond motifs is 1. The SMILES string of the molecule is O=C(OCC(=O)N1CCN(S(=O)(=O)c2ccc3ccccc3c2)CC1)c1cc(Cl)ccc1F. The zero-order valence-corrected chi connectivity index (χ0v) is 19.0. The van der Waals surface area contributed by atoms with Crippen LogP contribution in [-0.4, -0.2) is 62.3 Å². The van der Waals surface area contributed by atoms with Gasteiger partial charge in [0.15, 0.2) is 6.61 Å². The molecule has 172 valence electrons. The van der Waals surface area contributed by atoms with E-state index in [-0.39, 0.29) is 41.7 Å². The molecule has 1 aliphatic heterocycles. The molecule has 1 heterocycles. The number of amides is 1. The summed E-state index contributed by atoms with van der Waals surface area (Å²) in [5.74, 6) is -2.29. The van der Waals surface area contributed by atoms with E-state index in [0.29, 0.717) is 0 Å². The van der Waals surface area contributed by atoms with E-state index >= 15 is 0 Å². The van der Waals surface area contributed by atoms with Gasteiger partial charge >= 0.3 is 5.97 Å². The zero-order chi connectivity index (χ0) is 23.6. The number of hydrogen-bond donors (Lipinski definition) is 0. The van der Waals surface area contributed by atoms with Crippen LogP contribution in [0.1, 0.15) is 10.4 Å². The van der Waals surface area contributed by atoms with Gasteiger partial charge in [0.25, 0.3) is 5.91 Å². The third-order valence-corrected chi connectivity index (χ3v) is 7.55. The number of sulfonamides is 1. The molecular formula is C23H20ClFN2O5S. The normalized spacial score (nSPS) is 14.9. The van der Waals surface area contributed by atoms with Gasteiger partial charge in [-0.2, -0.15) is 4.31 Å². The van der Waals surface area contributed by atoms with Gasteiger partial charge in [0.1, 0.15) is 5.82 Å². The highest BCUT2D eigenvalue weighted by Crippen LogP contribution is 2.23. The van der Waals surface area contributed by atoms with Crippen molar-refractivity contribution in [2.75, 3.05) is 32.8 Å². The Kier molecular flexibility index (Phi) is 6.64. The summed E-state index contributed by atoms with van der Waals surface area (Å²) in [6, 6.07) is 15.9. The van der Waals surface area contributed by atoms with Crippen molar-refractivity contribution in [3.8, 4) is 0 Å². The molecule has 10 heteroatoms. The minimum Gasteiger partial charge on any atom is -0.452 e. The number of esters is 1. The molecule has 0 aliphatic carbocycles. The summed E-state index contributed by atoms with van der Waals surface area (Å²) < 4.78 is 46.1. The van der Waals surface area contributed by atoms with E-state index in [9.17, 15) is 22.4 Å². The molecule has 1 aliphatic rings. The lowest BCUT2D eigenvalue weighted by atomic mass is 10.1. The lowest BCUT2D eigenvalue weighted by molar-refractivity contribution is -0.135. The van der Waals surface area contributed by atoms with Gasteiger partial charge in [-0.1, -0.05) is 41.9 Å². The molecule has 1 saturated heterocycles. The van der Waals surface area contributed by atoms with Gasteiger partial charge in [0.2, 0.25) is 10.0 Å². The zero-order valence-electron chi connectivity index (χ0n) is 17.4. The molecule has 4 rings (SSSR count). The van der Waals surface area contributed by atoms with Crippen molar-refractivity contribution >= 4 is 44.3 Å². The van der Waals surface area contributed by atoms with Gasteiger partial charge in [-0.25, -0.2) is 17.6 Å². The minimum atomic E-state index is -3.72. The molecule has 3 aromatic rings. The average Bonchev–Trinajstić information content (AvgIpc) is 2.83. The summed E-state index contributed by atoms with van der Waals surface area (Å²) in [5.41, 5.74) is -0.360. The van der Waals surface area contributed by atoms with Crippen LogP contribution in [-0.2, 0) is 19.6 Å². The van der Waals surface area contributed by atoms with Gasteiger partial charge in [0.05, 0.1) is 10.5 Å². The highest BCUT2D eigenvalue weighted by molar-refractivity contribution is 7.89. The molecular weight excluding hydrogens is 471 g/mol. The molecule has 0 unspecified atom stereocenters. The predicted octanol–water partition coefficient (Wildman–Crippen LogP) is 3.32. The van der Waals surface area contributed by atoms with Crippen molar-refractivity contribution < 1.29 is 27.1 Å². The Balaban J connectivity index is 1.35. The summed E-state index contributed by atoms with van der Waals surface area (Å²) in [6.07, 6.45) is 0. The standard InChI is InChI=1S/C23H20ClFN2O5S/c24-18-6-8-21(25)20(14-18)23(29)32-15-22(28)26-9-11-27(12-10-26)33(30,31)19-7-5-16-3-1-2-4-17(16)13-19/h1-8,13-14H,9-12,15H2. The summed E-state index contributed by atoms with van der Waals surface area (Å²) in [5, 5.41) is 1.93. The van der Waals surface area contributed by atoms with Gasteiger partial charge in [-0.3, -0.25) is 4.79 Å². The monoisotopic (exact) mass is 490 g/mol. The Bertz CT molecular complexity index is 1320. The third-order valence-electron chi connectivity index (χ3n) is 5.43. The average molecular weight is 491 g/mol. The Morgan fingerprint density at radius 3 is 2.36 bits per heavy atom. The van der Waals surface area contributed by atoms with E-state index in [0.717, 1.165) is 22.9 Å².